The Balaban J connectivity index is 2.84. The summed E-state index contributed by atoms with van der Waals surface area (Å²) in [7, 11) is 1.24. The SMILES string of the molecule is COP(=O)(CN(CCc1ccc(O[P+](=S)N(C)C)cc1)CP(=O)(OC)OC)OC. The van der Waals surface area contributed by atoms with Crippen molar-refractivity contribution >= 4 is 34.1 Å². The molecule has 0 radical (unpaired) electrons. The molecule has 0 aromatic heterocycles. The first-order valence-corrected chi connectivity index (χ1v) is 14.3. The van der Waals surface area contributed by atoms with E-state index >= 15 is 0 Å². The third-order valence-corrected chi connectivity index (χ3v) is 9.95. The number of rotatable bonds is 14. The van der Waals surface area contributed by atoms with Gasteiger partial charge < -0.3 is 18.1 Å². The third kappa shape index (κ3) is 9.19. The molecule has 0 fully saturated rings. The fourth-order valence-corrected chi connectivity index (χ4v) is 5.34. The van der Waals surface area contributed by atoms with E-state index in [1.165, 1.54) is 28.4 Å². The van der Waals surface area contributed by atoms with Gasteiger partial charge in [0, 0.05) is 49.1 Å². The van der Waals surface area contributed by atoms with Crippen LogP contribution in [0.3, 0.4) is 0 Å². The molecule has 29 heavy (non-hydrogen) atoms. The molecule has 0 aliphatic rings. The first-order valence-electron chi connectivity index (χ1n) is 8.65. The van der Waals surface area contributed by atoms with Crippen LogP contribution in [0.25, 0.3) is 0 Å². The van der Waals surface area contributed by atoms with Crippen LogP contribution in [0.15, 0.2) is 24.3 Å². The van der Waals surface area contributed by atoms with Crippen LogP contribution in [0.5, 0.6) is 5.75 Å². The molecule has 0 aliphatic carbocycles. The second-order valence-corrected chi connectivity index (χ2v) is 13.1. The van der Waals surface area contributed by atoms with Gasteiger partial charge in [0.15, 0.2) is 5.75 Å². The molecule has 0 saturated heterocycles. The Bertz CT molecular complexity index is 705. The van der Waals surface area contributed by atoms with Crippen molar-refractivity contribution in [2.75, 3.05) is 61.7 Å². The molecule has 1 rings (SSSR count). The average Bonchev–Trinajstić information content (AvgIpc) is 2.72. The Kier molecular flexibility index (Phi) is 11.6. The topological polar surface area (TPSA) is 86.8 Å². The first-order chi connectivity index (χ1) is 13.6. The van der Waals surface area contributed by atoms with E-state index in [0.29, 0.717) is 18.7 Å². The quantitative estimate of drug-likeness (QED) is 0.357. The van der Waals surface area contributed by atoms with Gasteiger partial charge in [0.25, 0.3) is 0 Å². The maximum absolute atomic E-state index is 12.6. The Labute approximate surface area is 179 Å². The maximum Gasteiger partial charge on any atom is 0.491 e. The molecule has 0 bridgehead atoms. The number of hydrogen-bond acceptors (Lipinski definition) is 9. The molecule has 1 aromatic carbocycles. The number of benzene rings is 1. The molecule has 0 saturated carbocycles. The lowest BCUT2D eigenvalue weighted by molar-refractivity contribution is 0.224. The van der Waals surface area contributed by atoms with Crippen LogP contribution in [-0.2, 0) is 45.5 Å². The zero-order valence-corrected chi connectivity index (χ0v) is 21.1. The van der Waals surface area contributed by atoms with Gasteiger partial charge >= 0.3 is 22.3 Å². The van der Waals surface area contributed by atoms with E-state index in [4.69, 9.17) is 34.4 Å². The zero-order chi connectivity index (χ0) is 22.1. The molecule has 0 spiro atoms. The minimum absolute atomic E-state index is 0.0407. The summed E-state index contributed by atoms with van der Waals surface area (Å²) in [5, 5.41) is 0. The van der Waals surface area contributed by atoms with E-state index in [0.717, 1.165) is 5.56 Å². The van der Waals surface area contributed by atoms with Crippen molar-refractivity contribution in [3.05, 3.63) is 29.8 Å². The molecule has 1 atom stereocenters. The van der Waals surface area contributed by atoms with Gasteiger partial charge in [0.1, 0.15) is 12.6 Å². The van der Waals surface area contributed by atoms with Crippen molar-refractivity contribution in [3.8, 4) is 5.75 Å². The molecular weight excluding hydrogens is 457 g/mol. The van der Waals surface area contributed by atoms with Crippen LogP contribution in [0, 0.1) is 0 Å². The van der Waals surface area contributed by atoms with Crippen molar-refractivity contribution in [2.24, 2.45) is 0 Å². The lowest BCUT2D eigenvalue weighted by Gasteiger charge is -2.27. The van der Waals surface area contributed by atoms with Crippen molar-refractivity contribution in [2.45, 2.75) is 6.42 Å². The highest BCUT2D eigenvalue weighted by atomic mass is 32.4. The summed E-state index contributed by atoms with van der Waals surface area (Å²) in [4.78, 5) is 1.69. The molecule has 9 nitrogen and oxygen atoms in total. The van der Waals surface area contributed by atoms with Crippen LogP contribution in [0.4, 0.5) is 0 Å². The van der Waals surface area contributed by atoms with Gasteiger partial charge in [-0.1, -0.05) is 16.8 Å². The minimum atomic E-state index is -3.34. The minimum Gasteiger partial charge on any atom is -0.311 e. The summed E-state index contributed by atoms with van der Waals surface area (Å²) in [5.74, 6) is 0.701. The predicted molar refractivity (Wildman–Crippen MR) is 118 cm³/mol. The summed E-state index contributed by atoms with van der Waals surface area (Å²) in [5.41, 5.74) is 1.02. The lowest BCUT2D eigenvalue weighted by Crippen LogP contribution is -2.29. The molecule has 0 aliphatic heterocycles. The smallest absolute Gasteiger partial charge is 0.311 e. The lowest BCUT2D eigenvalue weighted by atomic mass is 10.1. The van der Waals surface area contributed by atoms with Crippen molar-refractivity contribution in [3.63, 3.8) is 0 Å². The summed E-state index contributed by atoms with van der Waals surface area (Å²) >= 11 is 5.27. The third-order valence-electron chi connectivity index (χ3n) is 4.01. The fraction of sp³-hybridized carbons (Fsp3) is 0.625. The molecular formula is C16H30N2O7P3S+. The van der Waals surface area contributed by atoms with Gasteiger partial charge in [-0.3, -0.25) is 18.6 Å². The second kappa shape index (κ2) is 12.6. The largest absolute Gasteiger partial charge is 0.491 e. The van der Waals surface area contributed by atoms with Gasteiger partial charge in [-0.25, -0.2) is 0 Å². The summed E-state index contributed by atoms with van der Waals surface area (Å²) in [6.07, 6.45) is 0.527. The fourth-order valence-electron chi connectivity index (χ4n) is 2.23. The Morgan fingerprint density at radius 1 is 0.897 bits per heavy atom. The first kappa shape index (κ1) is 26.8. The summed E-state index contributed by atoms with van der Waals surface area (Å²) in [6.45, 7) is 0.444. The monoisotopic (exact) mass is 487 g/mol. The summed E-state index contributed by atoms with van der Waals surface area (Å²) in [6, 6.07) is 7.57. The van der Waals surface area contributed by atoms with E-state index in [2.05, 4.69) is 0 Å². The summed E-state index contributed by atoms with van der Waals surface area (Å²) < 4.78 is 52.7. The van der Waals surface area contributed by atoms with E-state index < -0.39 is 22.3 Å². The molecule has 0 N–H and O–H groups in total. The van der Waals surface area contributed by atoms with Crippen molar-refractivity contribution < 1.29 is 31.7 Å². The Morgan fingerprint density at radius 2 is 1.34 bits per heavy atom. The molecule has 0 heterocycles. The van der Waals surface area contributed by atoms with E-state index in [-0.39, 0.29) is 12.6 Å². The van der Waals surface area contributed by atoms with E-state index in [9.17, 15) is 9.13 Å². The number of nitrogens with zero attached hydrogens (tertiary/aromatic N) is 2. The Morgan fingerprint density at radius 3 is 1.72 bits per heavy atom. The second-order valence-electron chi connectivity index (χ2n) is 6.20. The van der Waals surface area contributed by atoms with Crippen LogP contribution < -0.4 is 4.52 Å². The highest BCUT2D eigenvalue weighted by molar-refractivity contribution is 8.02. The van der Waals surface area contributed by atoms with E-state index in [1.807, 2.05) is 43.0 Å². The maximum atomic E-state index is 12.6. The highest BCUT2D eigenvalue weighted by Gasteiger charge is 2.31. The average molecular weight is 487 g/mol. The van der Waals surface area contributed by atoms with Gasteiger partial charge in [-0.15, -0.1) is 0 Å². The van der Waals surface area contributed by atoms with Gasteiger partial charge in [0.2, 0.25) is 11.8 Å². The van der Waals surface area contributed by atoms with Crippen LogP contribution in [-0.4, -0.2) is 71.2 Å². The predicted octanol–water partition coefficient (Wildman–Crippen LogP) is 4.13. The molecule has 1 unspecified atom stereocenters. The molecule has 13 heteroatoms. The number of hydrogen-bond donors (Lipinski definition) is 0. The van der Waals surface area contributed by atoms with Crippen LogP contribution >= 0.6 is 22.3 Å². The Hall–Kier alpha value is -0.240. The molecule has 1 aromatic rings. The highest BCUT2D eigenvalue weighted by Crippen LogP contribution is 2.51. The zero-order valence-electron chi connectivity index (χ0n) is 17.6. The van der Waals surface area contributed by atoms with E-state index in [1.54, 1.807) is 4.90 Å². The van der Waals surface area contributed by atoms with Crippen molar-refractivity contribution in [1.82, 2.24) is 9.57 Å². The van der Waals surface area contributed by atoms with Crippen LogP contribution in [0.2, 0.25) is 0 Å². The van der Waals surface area contributed by atoms with Gasteiger partial charge in [0.05, 0.1) is 0 Å². The van der Waals surface area contributed by atoms with Gasteiger partial charge in [-0.05, 0) is 24.1 Å². The normalized spacial score (nSPS) is 13.2. The molecule has 166 valence electrons. The van der Waals surface area contributed by atoms with Crippen LogP contribution in [0.1, 0.15) is 5.56 Å². The standard InChI is InChI=1S/C16H30N2O7P3S/c1-17(2)26(29)25-16-9-7-15(8-10-16)11-12-18(13-27(19,21-3)22-4)14-28(20,23-5)24-6/h7-10H,11-14H2,1-6H3/q+1. The van der Waals surface area contributed by atoms with Crippen molar-refractivity contribution in [1.29, 1.82) is 0 Å². The molecule has 0 amide bonds. The van der Waals surface area contributed by atoms with Gasteiger partial charge in [-0.2, -0.15) is 0 Å².